The topological polar surface area (TPSA) is 111 Å². The molecule has 2 aromatic rings. The normalized spacial score (nSPS) is 33.8. The molecule has 2 saturated carbocycles. The molecule has 7 atom stereocenters. The summed E-state index contributed by atoms with van der Waals surface area (Å²) < 4.78 is 0. The van der Waals surface area contributed by atoms with Crippen molar-refractivity contribution in [2.24, 2.45) is 29.6 Å². The van der Waals surface area contributed by atoms with Gasteiger partial charge in [-0.1, -0.05) is 23.5 Å². The average Bonchev–Trinajstić information content (AvgIpc) is 3.49. The number of H-pyrrole nitrogens is 1. The number of rotatable bonds is 4. The van der Waals surface area contributed by atoms with Crippen LogP contribution in [0.1, 0.15) is 22.8 Å². The van der Waals surface area contributed by atoms with Gasteiger partial charge in [-0.15, -0.1) is 11.8 Å². The van der Waals surface area contributed by atoms with Crippen molar-refractivity contribution in [3.05, 3.63) is 44.4 Å². The highest BCUT2D eigenvalue weighted by atomic mass is 32.2. The third-order valence-electron chi connectivity index (χ3n) is 7.88. The lowest BCUT2D eigenvalue weighted by Gasteiger charge is -2.43. The molecular formula is C23H23N3O5S2. The van der Waals surface area contributed by atoms with E-state index in [1.165, 1.54) is 11.3 Å². The van der Waals surface area contributed by atoms with E-state index in [4.69, 9.17) is 0 Å². The second-order valence-corrected chi connectivity index (χ2v) is 11.8. The smallest absolute Gasteiger partial charge is 0.323 e. The predicted octanol–water partition coefficient (Wildman–Crippen LogP) is 2.06. The van der Waals surface area contributed by atoms with Crippen molar-refractivity contribution >= 4 is 46.6 Å². The van der Waals surface area contributed by atoms with Gasteiger partial charge in [-0.2, -0.15) is 0 Å². The number of likely N-dealkylation sites (tertiary alicyclic amines) is 1. The molecule has 4 aliphatic rings. The predicted molar refractivity (Wildman–Crippen MR) is 124 cm³/mol. The lowest BCUT2D eigenvalue weighted by molar-refractivity contribution is -0.149. The van der Waals surface area contributed by atoms with Crippen LogP contribution < -0.4 is 9.77 Å². The third-order valence-corrected chi connectivity index (χ3v) is 10.5. The number of carboxylic acid groups (broad SMARTS) is 1. The Morgan fingerprint density at radius 1 is 1.12 bits per heavy atom. The highest BCUT2D eigenvalue weighted by molar-refractivity contribution is 8.00. The second kappa shape index (κ2) is 7.20. The Kier molecular flexibility index (Phi) is 4.58. The first kappa shape index (κ1) is 21.0. The van der Waals surface area contributed by atoms with Gasteiger partial charge in [-0.3, -0.25) is 24.1 Å². The van der Waals surface area contributed by atoms with Gasteiger partial charge in [0, 0.05) is 35.8 Å². The molecule has 3 fully saturated rings. The molecule has 0 unspecified atom stereocenters. The Hall–Kier alpha value is -2.59. The van der Waals surface area contributed by atoms with Crippen molar-refractivity contribution in [1.29, 1.82) is 0 Å². The Balaban J connectivity index is 1.43. The number of aromatic amines is 1. The van der Waals surface area contributed by atoms with Crippen LogP contribution in [0.4, 0.5) is 5.69 Å². The first-order valence-electron chi connectivity index (χ1n) is 11.0. The minimum Gasteiger partial charge on any atom is -0.480 e. The number of aliphatic carboxylic acids is 1. The number of carbonyl (C=O) groups is 3. The average molecular weight is 486 g/mol. The van der Waals surface area contributed by atoms with E-state index >= 15 is 0 Å². The molecule has 2 amide bonds. The minimum absolute atomic E-state index is 0.00313. The van der Waals surface area contributed by atoms with E-state index in [0.29, 0.717) is 0 Å². The number of thioether (sulfide) groups is 1. The summed E-state index contributed by atoms with van der Waals surface area (Å²) in [6.45, 7) is -0.567. The molecule has 6 rings (SSSR count). The quantitative estimate of drug-likeness (QED) is 0.638. The number of amides is 2. The maximum absolute atomic E-state index is 13.2. The summed E-state index contributed by atoms with van der Waals surface area (Å²) in [5, 5.41) is 10.2. The lowest BCUT2D eigenvalue weighted by Crippen LogP contribution is -2.42. The molecule has 0 radical (unpaired) electrons. The molecule has 2 bridgehead atoms. The molecule has 10 heteroatoms. The van der Waals surface area contributed by atoms with Crippen LogP contribution in [0, 0.1) is 29.6 Å². The number of carboxylic acids is 1. The maximum Gasteiger partial charge on any atom is 0.323 e. The van der Waals surface area contributed by atoms with Crippen LogP contribution in [0.25, 0.3) is 0 Å². The fraction of sp³-hybridized carbons (Fsp3) is 0.478. The minimum atomic E-state index is -1.17. The zero-order valence-electron chi connectivity index (χ0n) is 18.1. The van der Waals surface area contributed by atoms with E-state index in [2.05, 4.69) is 29.2 Å². The van der Waals surface area contributed by atoms with Crippen LogP contribution in [0.15, 0.2) is 34.1 Å². The number of aromatic nitrogens is 1. The highest BCUT2D eigenvalue weighted by Gasteiger charge is 2.69. The Labute approximate surface area is 198 Å². The standard InChI is InChI=1S/C23H23N3O5S2/c1-25(2)10-5-3-9(4-6-10)14-15-11-7-12(18(15)32-20-19(14)33-23(31)24-20)17-16(11)21(29)26(22(17)30)8-13(27)28/h3-6,11-12,14-18H,7-8H2,1-2H3,(H,24,31)(H,27,28)/t11-,12+,14-,15-,16+,17+,18-/m1/s1. The third kappa shape index (κ3) is 2.89. The number of nitrogens with zero attached hydrogens (tertiary/aromatic N) is 2. The zero-order chi connectivity index (χ0) is 23.2. The maximum atomic E-state index is 13.2. The number of hydrogen-bond donors (Lipinski definition) is 2. The van der Waals surface area contributed by atoms with Crippen LogP contribution >= 0.6 is 23.1 Å². The van der Waals surface area contributed by atoms with E-state index in [0.717, 1.165) is 32.5 Å². The number of hydrogen-bond acceptors (Lipinski definition) is 7. The number of thiazole rings is 1. The summed E-state index contributed by atoms with van der Waals surface area (Å²) >= 11 is 2.87. The van der Waals surface area contributed by atoms with E-state index in [-0.39, 0.29) is 45.6 Å². The van der Waals surface area contributed by atoms with Gasteiger partial charge in [0.15, 0.2) is 0 Å². The number of nitrogens with one attached hydrogen (secondary N) is 1. The monoisotopic (exact) mass is 485 g/mol. The van der Waals surface area contributed by atoms with Crippen LogP contribution in [0.5, 0.6) is 0 Å². The van der Waals surface area contributed by atoms with Crippen LogP contribution in [0.2, 0.25) is 0 Å². The van der Waals surface area contributed by atoms with E-state index in [1.54, 1.807) is 11.8 Å². The van der Waals surface area contributed by atoms with Crippen molar-refractivity contribution in [1.82, 2.24) is 9.88 Å². The SMILES string of the molecule is CN(C)c1ccc([C@H]2c3sc(=O)[nH]c3S[C@@H]3[C@H]4C[C@@H]([C@@H]5C(=O)N(CC(=O)O)C(=O)[C@@H]45)[C@H]23)cc1. The zero-order valence-corrected chi connectivity index (χ0v) is 19.7. The Morgan fingerprint density at radius 2 is 1.79 bits per heavy atom. The molecule has 33 heavy (non-hydrogen) atoms. The molecule has 8 nitrogen and oxygen atoms in total. The fourth-order valence-electron chi connectivity index (χ4n) is 6.72. The molecule has 1 aromatic heterocycles. The van der Waals surface area contributed by atoms with Gasteiger partial charge in [0.1, 0.15) is 6.54 Å². The van der Waals surface area contributed by atoms with Gasteiger partial charge < -0.3 is 15.0 Å². The highest BCUT2D eigenvalue weighted by Crippen LogP contribution is 2.68. The van der Waals surface area contributed by atoms with Crippen LogP contribution in [-0.4, -0.2) is 58.7 Å². The molecule has 3 heterocycles. The molecule has 2 N–H and O–H groups in total. The summed E-state index contributed by atoms with van der Waals surface area (Å²) in [4.78, 5) is 56.7. The molecule has 1 aromatic carbocycles. The number of fused-ring (bicyclic) bond motifs is 9. The van der Waals surface area contributed by atoms with Crippen molar-refractivity contribution in [2.75, 3.05) is 25.5 Å². The van der Waals surface area contributed by atoms with Crippen molar-refractivity contribution in [2.45, 2.75) is 22.6 Å². The van der Waals surface area contributed by atoms with E-state index < -0.39 is 24.3 Å². The van der Waals surface area contributed by atoms with Gasteiger partial charge in [-0.05, 0) is 41.9 Å². The Morgan fingerprint density at radius 3 is 2.42 bits per heavy atom. The largest absolute Gasteiger partial charge is 0.480 e. The summed E-state index contributed by atoms with van der Waals surface area (Å²) in [5.41, 5.74) is 2.19. The number of benzene rings is 1. The van der Waals surface area contributed by atoms with Crippen LogP contribution in [0.3, 0.4) is 0 Å². The van der Waals surface area contributed by atoms with E-state index in [9.17, 15) is 24.3 Å². The molecule has 1 saturated heterocycles. The fourth-order valence-corrected chi connectivity index (χ4v) is 9.61. The Bertz CT molecular complexity index is 1240. The summed E-state index contributed by atoms with van der Waals surface area (Å²) in [6, 6.07) is 8.33. The van der Waals surface area contributed by atoms with Gasteiger partial charge in [0.2, 0.25) is 11.8 Å². The number of carbonyl (C=O) groups excluding carboxylic acids is 2. The van der Waals surface area contributed by atoms with Gasteiger partial charge in [0.25, 0.3) is 0 Å². The van der Waals surface area contributed by atoms with E-state index in [1.807, 2.05) is 19.0 Å². The lowest BCUT2D eigenvalue weighted by atomic mass is 9.68. The van der Waals surface area contributed by atoms with Crippen molar-refractivity contribution in [3.63, 3.8) is 0 Å². The van der Waals surface area contributed by atoms with Crippen molar-refractivity contribution < 1.29 is 19.5 Å². The molecular weight excluding hydrogens is 462 g/mol. The van der Waals surface area contributed by atoms with Crippen molar-refractivity contribution in [3.8, 4) is 0 Å². The molecule has 0 spiro atoms. The van der Waals surface area contributed by atoms with Crippen LogP contribution in [-0.2, 0) is 14.4 Å². The molecule has 2 aliphatic heterocycles. The first-order valence-corrected chi connectivity index (χ1v) is 12.7. The molecule has 172 valence electrons. The number of imide groups is 1. The second-order valence-electron chi connectivity index (χ2n) is 9.60. The summed E-state index contributed by atoms with van der Waals surface area (Å²) in [6.07, 6.45) is 0.793. The van der Waals surface area contributed by atoms with Gasteiger partial charge >= 0.3 is 10.8 Å². The molecule has 2 aliphatic carbocycles. The number of anilines is 1. The first-order chi connectivity index (χ1) is 15.8. The van der Waals surface area contributed by atoms with Gasteiger partial charge in [0.05, 0.1) is 16.9 Å². The van der Waals surface area contributed by atoms with Gasteiger partial charge in [-0.25, -0.2) is 0 Å². The summed E-state index contributed by atoms with van der Waals surface area (Å²) in [7, 11) is 3.97. The summed E-state index contributed by atoms with van der Waals surface area (Å²) in [5.74, 6) is -2.65.